The van der Waals surface area contributed by atoms with Gasteiger partial charge in [0.2, 0.25) is 0 Å². The molecule has 1 aliphatic heterocycles. The van der Waals surface area contributed by atoms with E-state index in [1.807, 2.05) is 60.8 Å². The molecule has 188 valence electrons. The zero-order valence-electron chi connectivity index (χ0n) is 20.7. The number of likely N-dealkylation sites (tertiary alicyclic amines) is 1. The Morgan fingerprint density at radius 3 is 2.61 bits per heavy atom. The molecular weight excluding hydrogens is 474 g/mol. The van der Waals surface area contributed by atoms with Crippen molar-refractivity contribution in [1.29, 1.82) is 0 Å². The van der Waals surface area contributed by atoms with Gasteiger partial charge in [-0.15, -0.1) is 11.3 Å². The number of ketones is 1. The lowest BCUT2D eigenvalue weighted by Crippen LogP contribution is -2.39. The third-order valence-electron chi connectivity index (χ3n) is 6.36. The Balaban J connectivity index is 1.51. The molecule has 2 heterocycles. The van der Waals surface area contributed by atoms with Gasteiger partial charge in [0.05, 0.1) is 12.2 Å². The van der Waals surface area contributed by atoms with Crippen molar-refractivity contribution in [3.63, 3.8) is 0 Å². The number of hydrogen-bond acceptors (Lipinski definition) is 6. The summed E-state index contributed by atoms with van der Waals surface area (Å²) >= 11 is 1.41. The highest BCUT2D eigenvalue weighted by Crippen LogP contribution is 2.36. The van der Waals surface area contributed by atoms with Crippen LogP contribution in [-0.2, 0) is 22.5 Å². The Morgan fingerprint density at radius 1 is 1.06 bits per heavy atom. The fourth-order valence-electron chi connectivity index (χ4n) is 4.55. The molecule has 1 atom stereocenters. The second kappa shape index (κ2) is 12.0. The number of amides is 1. The number of piperidine rings is 1. The zero-order chi connectivity index (χ0) is 25.5. The number of thiophene rings is 1. The molecule has 0 N–H and O–H groups in total. The number of Topliss-reactive ketones (excluding diaryl/α,β-unsaturated/α-hetero) is 1. The first-order valence-electron chi connectivity index (χ1n) is 12.3. The molecule has 7 heteroatoms. The summed E-state index contributed by atoms with van der Waals surface area (Å²) in [5.74, 6) is -0.474. The van der Waals surface area contributed by atoms with Gasteiger partial charge >= 0.3 is 12.1 Å². The van der Waals surface area contributed by atoms with Crippen LogP contribution in [0.3, 0.4) is 0 Å². The van der Waals surface area contributed by atoms with E-state index >= 15 is 0 Å². The summed E-state index contributed by atoms with van der Waals surface area (Å²) in [7, 11) is 0. The van der Waals surface area contributed by atoms with E-state index in [4.69, 9.17) is 9.47 Å². The first kappa shape index (κ1) is 25.6. The molecule has 3 aromatic rings. The fourth-order valence-corrected chi connectivity index (χ4v) is 5.67. The lowest BCUT2D eigenvalue weighted by molar-refractivity contribution is 0.0523. The first-order chi connectivity index (χ1) is 17.5. The second-order valence-electron chi connectivity index (χ2n) is 9.00. The largest absolute Gasteiger partial charge is 0.462 e. The van der Waals surface area contributed by atoms with E-state index in [9.17, 15) is 14.4 Å². The number of hydrogen-bond donors (Lipinski definition) is 0. The van der Waals surface area contributed by atoms with Gasteiger partial charge in [-0.25, -0.2) is 9.59 Å². The van der Waals surface area contributed by atoms with Crippen LogP contribution in [0.4, 0.5) is 4.79 Å². The quantitative estimate of drug-likeness (QED) is 0.270. The molecule has 0 saturated carbocycles. The van der Waals surface area contributed by atoms with Crippen molar-refractivity contribution in [2.24, 2.45) is 0 Å². The van der Waals surface area contributed by atoms with Crippen LogP contribution in [0, 0.1) is 6.92 Å². The van der Waals surface area contributed by atoms with Gasteiger partial charge in [-0.05, 0) is 49.3 Å². The average Bonchev–Trinajstić information content (AvgIpc) is 3.31. The van der Waals surface area contributed by atoms with Crippen LogP contribution >= 0.6 is 11.3 Å². The van der Waals surface area contributed by atoms with Gasteiger partial charge < -0.3 is 14.4 Å². The SMILES string of the molecule is CCOC(=O)c1c(C2CCCN(C(=O)OCc3ccccc3)C2)csc1CC(=O)c1cccc(C)c1. The normalized spacial score (nSPS) is 15.4. The predicted octanol–water partition coefficient (Wildman–Crippen LogP) is 6.17. The number of benzene rings is 2. The topological polar surface area (TPSA) is 72.9 Å². The van der Waals surface area contributed by atoms with Gasteiger partial charge in [0, 0.05) is 35.9 Å². The van der Waals surface area contributed by atoms with Crippen LogP contribution < -0.4 is 0 Å². The van der Waals surface area contributed by atoms with E-state index in [-0.39, 0.29) is 37.4 Å². The van der Waals surface area contributed by atoms with E-state index in [0.29, 0.717) is 29.1 Å². The van der Waals surface area contributed by atoms with Crippen LogP contribution in [0.25, 0.3) is 0 Å². The molecule has 1 fully saturated rings. The van der Waals surface area contributed by atoms with Gasteiger partial charge in [0.1, 0.15) is 6.61 Å². The maximum atomic E-state index is 13.0. The third kappa shape index (κ3) is 6.21. The van der Waals surface area contributed by atoms with Gasteiger partial charge in [0.15, 0.2) is 5.78 Å². The summed E-state index contributed by atoms with van der Waals surface area (Å²) in [6, 6.07) is 17.1. The highest BCUT2D eigenvalue weighted by molar-refractivity contribution is 7.10. The first-order valence-corrected chi connectivity index (χ1v) is 13.2. The summed E-state index contributed by atoms with van der Waals surface area (Å²) in [6.45, 7) is 5.26. The van der Waals surface area contributed by atoms with Crippen molar-refractivity contribution < 1.29 is 23.9 Å². The smallest absolute Gasteiger partial charge is 0.410 e. The molecule has 36 heavy (non-hydrogen) atoms. The summed E-state index contributed by atoms with van der Waals surface area (Å²) in [5.41, 5.74) is 3.91. The van der Waals surface area contributed by atoms with Gasteiger partial charge in [-0.1, -0.05) is 54.1 Å². The van der Waals surface area contributed by atoms with Gasteiger partial charge in [-0.3, -0.25) is 4.79 Å². The minimum absolute atomic E-state index is 0.0264. The van der Waals surface area contributed by atoms with Crippen molar-refractivity contribution in [1.82, 2.24) is 4.90 Å². The number of esters is 1. The van der Waals surface area contributed by atoms with Crippen molar-refractivity contribution in [3.8, 4) is 0 Å². The van der Waals surface area contributed by atoms with E-state index in [1.54, 1.807) is 17.9 Å². The molecular formula is C29H31NO5S. The third-order valence-corrected chi connectivity index (χ3v) is 7.37. The predicted molar refractivity (Wildman–Crippen MR) is 140 cm³/mol. The highest BCUT2D eigenvalue weighted by atomic mass is 32.1. The second-order valence-corrected chi connectivity index (χ2v) is 9.97. The Hall–Kier alpha value is -3.45. The van der Waals surface area contributed by atoms with Crippen molar-refractivity contribution in [2.75, 3.05) is 19.7 Å². The molecule has 0 spiro atoms. The molecule has 1 amide bonds. The van der Waals surface area contributed by atoms with Crippen molar-refractivity contribution in [2.45, 2.75) is 45.6 Å². The van der Waals surface area contributed by atoms with Gasteiger partial charge in [0.25, 0.3) is 0 Å². The number of carbonyl (C=O) groups excluding carboxylic acids is 3. The molecule has 1 aliphatic rings. The fraction of sp³-hybridized carbons (Fsp3) is 0.345. The number of aryl methyl sites for hydroxylation is 1. The minimum Gasteiger partial charge on any atom is -0.462 e. The van der Waals surface area contributed by atoms with E-state index in [0.717, 1.165) is 29.5 Å². The summed E-state index contributed by atoms with van der Waals surface area (Å²) in [4.78, 5) is 41.2. The molecule has 1 aromatic heterocycles. The van der Waals surface area contributed by atoms with E-state index < -0.39 is 5.97 Å². The standard InChI is InChI=1S/C29H31NO5S/c1-3-34-28(32)27-24(19-36-26(27)16-25(31)22-12-7-9-20(2)15-22)23-13-8-14-30(17-23)29(33)35-18-21-10-5-4-6-11-21/h4-7,9-12,15,19,23H,3,8,13-14,16-18H2,1-2H3. The van der Waals surface area contributed by atoms with Crippen LogP contribution in [0.15, 0.2) is 60.0 Å². The van der Waals surface area contributed by atoms with E-state index in [1.165, 1.54) is 11.3 Å². The Morgan fingerprint density at radius 2 is 1.86 bits per heavy atom. The van der Waals surface area contributed by atoms with Crippen LogP contribution in [0.5, 0.6) is 0 Å². The number of carbonyl (C=O) groups is 3. The molecule has 4 rings (SSSR count). The van der Waals surface area contributed by atoms with Crippen LogP contribution in [0.1, 0.15) is 68.0 Å². The molecule has 2 aromatic carbocycles. The zero-order valence-corrected chi connectivity index (χ0v) is 21.5. The highest BCUT2D eigenvalue weighted by Gasteiger charge is 2.31. The van der Waals surface area contributed by atoms with E-state index in [2.05, 4.69) is 0 Å². The van der Waals surface area contributed by atoms with Gasteiger partial charge in [-0.2, -0.15) is 0 Å². The molecule has 0 aliphatic carbocycles. The molecule has 1 unspecified atom stereocenters. The minimum atomic E-state index is -0.412. The number of ether oxygens (including phenoxy) is 2. The monoisotopic (exact) mass is 505 g/mol. The average molecular weight is 506 g/mol. The Labute approximate surface area is 215 Å². The molecule has 1 saturated heterocycles. The van der Waals surface area contributed by atoms with Crippen molar-refractivity contribution >= 4 is 29.2 Å². The Bertz CT molecular complexity index is 1220. The maximum Gasteiger partial charge on any atom is 0.410 e. The summed E-state index contributed by atoms with van der Waals surface area (Å²) in [6.07, 6.45) is 1.43. The van der Waals surface area contributed by atoms with Crippen molar-refractivity contribution in [3.05, 3.63) is 92.7 Å². The molecule has 0 radical (unpaired) electrons. The lowest BCUT2D eigenvalue weighted by Gasteiger charge is -2.32. The Kier molecular flexibility index (Phi) is 8.54. The van der Waals surface area contributed by atoms with Crippen LogP contribution in [0.2, 0.25) is 0 Å². The summed E-state index contributed by atoms with van der Waals surface area (Å²) in [5, 5.41) is 1.95. The molecule has 6 nitrogen and oxygen atoms in total. The maximum absolute atomic E-state index is 13.0. The molecule has 0 bridgehead atoms. The number of nitrogens with zero attached hydrogens (tertiary/aromatic N) is 1. The summed E-state index contributed by atoms with van der Waals surface area (Å²) < 4.78 is 10.9. The van der Waals surface area contributed by atoms with Crippen LogP contribution in [-0.4, -0.2) is 42.4 Å². The number of rotatable bonds is 8. The lowest BCUT2D eigenvalue weighted by atomic mass is 9.89.